The number of rotatable bonds is 9. The van der Waals surface area contributed by atoms with Crippen molar-refractivity contribution in [2.75, 3.05) is 33.5 Å². The highest BCUT2D eigenvalue weighted by atomic mass is 16.5. The lowest BCUT2D eigenvalue weighted by molar-refractivity contribution is 0.136. The maximum absolute atomic E-state index is 5.24. The monoisotopic (exact) mass is 228 g/mol. The minimum absolute atomic E-state index is 0.672. The fourth-order valence-electron chi connectivity index (χ4n) is 1.20. The Morgan fingerprint density at radius 3 is 3.06 bits per heavy atom. The molecule has 1 aromatic heterocycles. The second-order valence-electron chi connectivity index (χ2n) is 3.29. The van der Waals surface area contributed by atoms with Gasteiger partial charge in [0.05, 0.1) is 26.3 Å². The van der Waals surface area contributed by atoms with Crippen molar-refractivity contribution in [2.45, 2.75) is 20.0 Å². The molecule has 1 rings (SSSR count). The first kappa shape index (κ1) is 13.1. The van der Waals surface area contributed by atoms with Crippen molar-refractivity contribution in [1.29, 1.82) is 0 Å². The van der Waals surface area contributed by atoms with Gasteiger partial charge in [0.1, 0.15) is 6.33 Å². The Morgan fingerprint density at radius 2 is 2.31 bits per heavy atom. The van der Waals surface area contributed by atoms with Crippen molar-refractivity contribution in [2.24, 2.45) is 0 Å². The number of nitrogens with one attached hydrogen (secondary N) is 1. The van der Waals surface area contributed by atoms with Gasteiger partial charge in [-0.15, -0.1) is 0 Å². The average molecular weight is 228 g/mol. The first-order valence-corrected chi connectivity index (χ1v) is 5.52. The lowest BCUT2D eigenvalue weighted by Gasteiger charge is -2.01. The Hall–Kier alpha value is -0.980. The van der Waals surface area contributed by atoms with Gasteiger partial charge in [0.15, 0.2) is 5.82 Å². The van der Waals surface area contributed by atoms with Crippen LogP contribution in [0.3, 0.4) is 0 Å². The predicted molar refractivity (Wildman–Crippen MR) is 60.1 cm³/mol. The Balaban J connectivity index is 2.17. The normalized spacial score (nSPS) is 10.9. The second kappa shape index (κ2) is 8.20. The fourth-order valence-corrected chi connectivity index (χ4v) is 1.20. The molecule has 6 nitrogen and oxygen atoms in total. The van der Waals surface area contributed by atoms with Crippen LogP contribution >= 0.6 is 0 Å². The maximum atomic E-state index is 5.24. The summed E-state index contributed by atoms with van der Waals surface area (Å²) in [6.07, 6.45) is 1.73. The lowest BCUT2D eigenvalue weighted by Crippen LogP contribution is -2.19. The molecule has 1 heterocycles. The molecule has 0 aliphatic heterocycles. The van der Waals surface area contributed by atoms with Gasteiger partial charge in [-0.05, 0) is 6.92 Å². The van der Waals surface area contributed by atoms with Crippen molar-refractivity contribution in [3.63, 3.8) is 0 Å². The molecule has 16 heavy (non-hydrogen) atoms. The number of ether oxygens (including phenoxy) is 2. The molecule has 6 heteroatoms. The van der Waals surface area contributed by atoms with Crippen LogP contribution in [0, 0.1) is 0 Å². The van der Waals surface area contributed by atoms with Crippen LogP contribution in [0.25, 0.3) is 0 Å². The zero-order valence-corrected chi connectivity index (χ0v) is 9.98. The summed E-state index contributed by atoms with van der Waals surface area (Å²) >= 11 is 0. The van der Waals surface area contributed by atoms with E-state index in [1.54, 1.807) is 18.1 Å². The Morgan fingerprint density at radius 1 is 1.44 bits per heavy atom. The Kier molecular flexibility index (Phi) is 6.71. The number of aromatic nitrogens is 3. The van der Waals surface area contributed by atoms with Crippen molar-refractivity contribution in [1.82, 2.24) is 20.1 Å². The van der Waals surface area contributed by atoms with E-state index < -0.39 is 0 Å². The third-order valence-electron chi connectivity index (χ3n) is 2.02. The first-order chi connectivity index (χ1) is 7.86. The molecule has 0 unspecified atom stereocenters. The first-order valence-electron chi connectivity index (χ1n) is 5.52. The number of hydrogen-bond acceptors (Lipinski definition) is 5. The summed E-state index contributed by atoms with van der Waals surface area (Å²) < 4.78 is 12.0. The Labute approximate surface area is 96.0 Å². The smallest absolute Gasteiger partial charge is 0.164 e. The minimum atomic E-state index is 0.672. The third-order valence-corrected chi connectivity index (χ3v) is 2.02. The Bertz CT molecular complexity index is 278. The molecule has 0 amide bonds. The summed E-state index contributed by atoms with van der Waals surface area (Å²) in [5.41, 5.74) is 0. The SMILES string of the molecule is CCOCCn1cnc(CNCCOC)n1. The maximum Gasteiger partial charge on any atom is 0.164 e. The minimum Gasteiger partial charge on any atom is -0.383 e. The molecule has 0 aromatic carbocycles. The van der Waals surface area contributed by atoms with Crippen LogP contribution in [-0.4, -0.2) is 48.2 Å². The van der Waals surface area contributed by atoms with Gasteiger partial charge in [-0.25, -0.2) is 4.98 Å². The summed E-state index contributed by atoms with van der Waals surface area (Å²) in [6, 6.07) is 0. The fraction of sp³-hybridized carbons (Fsp3) is 0.800. The van der Waals surface area contributed by atoms with Crippen LogP contribution in [0.15, 0.2) is 6.33 Å². The van der Waals surface area contributed by atoms with E-state index in [-0.39, 0.29) is 0 Å². The number of hydrogen-bond donors (Lipinski definition) is 1. The van der Waals surface area contributed by atoms with Crippen molar-refractivity contribution in [3.8, 4) is 0 Å². The summed E-state index contributed by atoms with van der Waals surface area (Å²) in [5, 5.41) is 7.49. The van der Waals surface area contributed by atoms with E-state index in [4.69, 9.17) is 9.47 Å². The summed E-state index contributed by atoms with van der Waals surface area (Å²) in [4.78, 5) is 4.19. The van der Waals surface area contributed by atoms with E-state index >= 15 is 0 Å². The molecule has 0 radical (unpaired) electrons. The molecular formula is C10H20N4O2. The van der Waals surface area contributed by atoms with Gasteiger partial charge >= 0.3 is 0 Å². The zero-order chi connectivity index (χ0) is 11.6. The van der Waals surface area contributed by atoms with Crippen LogP contribution < -0.4 is 5.32 Å². The highest BCUT2D eigenvalue weighted by molar-refractivity contribution is 4.80. The largest absolute Gasteiger partial charge is 0.383 e. The molecule has 0 atom stereocenters. The highest BCUT2D eigenvalue weighted by Gasteiger charge is 1.99. The molecule has 92 valence electrons. The summed E-state index contributed by atoms with van der Waals surface area (Å²) in [5.74, 6) is 0.799. The zero-order valence-electron chi connectivity index (χ0n) is 9.98. The van der Waals surface area contributed by atoms with Crippen LogP contribution in [0.2, 0.25) is 0 Å². The van der Waals surface area contributed by atoms with Crippen LogP contribution in [-0.2, 0) is 22.6 Å². The molecule has 0 aliphatic rings. The van der Waals surface area contributed by atoms with Crippen molar-refractivity contribution in [3.05, 3.63) is 12.2 Å². The molecule has 0 bridgehead atoms. The third kappa shape index (κ3) is 5.20. The average Bonchev–Trinajstić information content (AvgIpc) is 2.73. The van der Waals surface area contributed by atoms with Crippen LogP contribution in [0.1, 0.15) is 12.7 Å². The van der Waals surface area contributed by atoms with Gasteiger partial charge in [0.25, 0.3) is 0 Å². The summed E-state index contributed by atoms with van der Waals surface area (Å²) in [7, 11) is 1.68. The van der Waals surface area contributed by atoms with Crippen molar-refractivity contribution < 1.29 is 9.47 Å². The van der Waals surface area contributed by atoms with Crippen molar-refractivity contribution >= 4 is 0 Å². The molecule has 1 aromatic rings. The van der Waals surface area contributed by atoms with Gasteiger partial charge in [0.2, 0.25) is 0 Å². The van der Waals surface area contributed by atoms with E-state index in [9.17, 15) is 0 Å². The molecule has 0 aliphatic carbocycles. The predicted octanol–water partition coefficient (Wildman–Crippen LogP) is 0.0506. The topological polar surface area (TPSA) is 61.2 Å². The molecule has 0 saturated heterocycles. The van der Waals surface area contributed by atoms with Gasteiger partial charge in [-0.2, -0.15) is 5.10 Å². The number of methoxy groups -OCH3 is 1. The molecule has 0 spiro atoms. The highest BCUT2D eigenvalue weighted by Crippen LogP contribution is 1.90. The van der Waals surface area contributed by atoms with Crippen LogP contribution in [0.5, 0.6) is 0 Å². The molecule has 1 N–H and O–H groups in total. The van der Waals surface area contributed by atoms with E-state index in [2.05, 4.69) is 15.4 Å². The van der Waals surface area contributed by atoms with E-state index in [1.807, 2.05) is 6.92 Å². The second-order valence-corrected chi connectivity index (χ2v) is 3.29. The molecule has 0 fully saturated rings. The standard InChI is InChI=1S/C10H20N4O2/c1-3-16-7-5-14-9-12-10(13-14)8-11-4-6-15-2/h9,11H,3-8H2,1-2H3. The number of nitrogens with zero attached hydrogens (tertiary/aromatic N) is 3. The van der Waals surface area contributed by atoms with Gasteiger partial charge in [-0.1, -0.05) is 0 Å². The van der Waals surface area contributed by atoms with E-state index in [1.165, 1.54) is 0 Å². The lowest BCUT2D eigenvalue weighted by atomic mass is 10.5. The summed E-state index contributed by atoms with van der Waals surface area (Å²) in [6.45, 7) is 6.32. The quantitative estimate of drug-likeness (QED) is 0.605. The van der Waals surface area contributed by atoms with Gasteiger partial charge in [0, 0.05) is 20.3 Å². The van der Waals surface area contributed by atoms with Gasteiger partial charge < -0.3 is 14.8 Å². The van der Waals surface area contributed by atoms with E-state index in [0.29, 0.717) is 19.8 Å². The molecule has 0 saturated carbocycles. The van der Waals surface area contributed by atoms with Gasteiger partial charge in [-0.3, -0.25) is 4.68 Å². The molecular weight excluding hydrogens is 208 g/mol. The van der Waals surface area contributed by atoms with Crippen LogP contribution in [0.4, 0.5) is 0 Å². The van der Waals surface area contributed by atoms with E-state index in [0.717, 1.165) is 25.5 Å².